The van der Waals surface area contributed by atoms with Gasteiger partial charge in [0.25, 0.3) is 0 Å². The molecule has 90 valence electrons. The molecule has 1 atom stereocenters. The maximum Gasteiger partial charge on any atom is 0.320 e. The van der Waals surface area contributed by atoms with Gasteiger partial charge in [-0.05, 0) is 30.9 Å². The Kier molecular flexibility index (Phi) is 4.55. The highest BCUT2D eigenvalue weighted by Gasteiger charge is 2.18. The largest absolute Gasteiger partial charge is 0.480 e. The lowest BCUT2D eigenvalue weighted by atomic mass is 10.0. The Morgan fingerprint density at radius 2 is 2.25 bits per heavy atom. The first-order chi connectivity index (χ1) is 7.50. The molecule has 0 aliphatic heterocycles. The van der Waals surface area contributed by atoms with E-state index >= 15 is 0 Å². The van der Waals surface area contributed by atoms with Crippen LogP contribution in [0.3, 0.4) is 0 Å². The van der Waals surface area contributed by atoms with Crippen LogP contribution in [0.15, 0.2) is 16.7 Å². The van der Waals surface area contributed by atoms with Gasteiger partial charge in [0, 0.05) is 0 Å². The molecular weight excluding hydrogens is 206 g/mol. The molecule has 1 aromatic heterocycles. The average molecular weight is 225 g/mol. The molecule has 2 N–H and O–H groups in total. The number of hydrogen-bond donors (Lipinski definition) is 2. The summed E-state index contributed by atoms with van der Waals surface area (Å²) in [6, 6.07) is 1.36. The molecule has 0 saturated heterocycles. The molecule has 1 unspecified atom stereocenters. The van der Waals surface area contributed by atoms with Crippen LogP contribution in [-0.2, 0) is 11.3 Å². The highest BCUT2D eigenvalue weighted by Crippen LogP contribution is 2.10. The van der Waals surface area contributed by atoms with Crippen LogP contribution in [0.25, 0.3) is 0 Å². The van der Waals surface area contributed by atoms with Gasteiger partial charge < -0.3 is 9.52 Å². The fourth-order valence-electron chi connectivity index (χ4n) is 1.54. The van der Waals surface area contributed by atoms with E-state index in [4.69, 9.17) is 9.52 Å². The van der Waals surface area contributed by atoms with Gasteiger partial charge in [-0.2, -0.15) is 0 Å². The van der Waals surface area contributed by atoms with E-state index in [1.165, 1.54) is 0 Å². The number of carboxylic acid groups (broad SMARTS) is 1. The Hall–Kier alpha value is -1.29. The summed E-state index contributed by atoms with van der Waals surface area (Å²) in [5.41, 5.74) is 1.04. The standard InChI is InChI=1S/C12H19NO3/c1-8(2)6-10(12(14)15)13-7-11-9(3)4-5-16-11/h4-5,8,10,13H,6-7H2,1-3H3,(H,14,15). The minimum Gasteiger partial charge on any atom is -0.480 e. The SMILES string of the molecule is Cc1ccoc1CNC(CC(C)C)C(=O)O. The van der Waals surface area contributed by atoms with E-state index in [-0.39, 0.29) is 0 Å². The van der Waals surface area contributed by atoms with Gasteiger partial charge in [-0.15, -0.1) is 0 Å². The van der Waals surface area contributed by atoms with Gasteiger partial charge in [-0.3, -0.25) is 10.1 Å². The summed E-state index contributed by atoms with van der Waals surface area (Å²) < 4.78 is 5.24. The normalized spacial score (nSPS) is 13.0. The molecule has 0 aliphatic carbocycles. The number of nitrogens with one attached hydrogen (secondary N) is 1. The number of hydrogen-bond acceptors (Lipinski definition) is 3. The maximum absolute atomic E-state index is 11.0. The third kappa shape index (κ3) is 3.70. The van der Waals surface area contributed by atoms with Gasteiger partial charge in [0.05, 0.1) is 12.8 Å². The Bertz CT molecular complexity index is 344. The molecular formula is C12H19NO3. The summed E-state index contributed by atoms with van der Waals surface area (Å²) in [7, 11) is 0. The van der Waals surface area contributed by atoms with Crippen molar-refractivity contribution >= 4 is 5.97 Å². The number of rotatable bonds is 6. The highest BCUT2D eigenvalue weighted by atomic mass is 16.4. The van der Waals surface area contributed by atoms with Crippen LogP contribution in [0.1, 0.15) is 31.6 Å². The monoisotopic (exact) mass is 225 g/mol. The second kappa shape index (κ2) is 5.70. The van der Waals surface area contributed by atoms with Gasteiger partial charge in [-0.25, -0.2) is 0 Å². The molecule has 1 rings (SSSR count). The minimum absolute atomic E-state index is 0.353. The number of furan rings is 1. The van der Waals surface area contributed by atoms with E-state index in [2.05, 4.69) is 5.32 Å². The van der Waals surface area contributed by atoms with Crippen LogP contribution < -0.4 is 5.32 Å². The summed E-state index contributed by atoms with van der Waals surface area (Å²) in [5, 5.41) is 12.0. The average Bonchev–Trinajstić information content (AvgIpc) is 2.57. The summed E-state index contributed by atoms with van der Waals surface area (Å²) in [5.74, 6) is 0.346. The van der Waals surface area contributed by atoms with E-state index in [0.29, 0.717) is 18.9 Å². The third-order valence-corrected chi connectivity index (χ3v) is 2.48. The van der Waals surface area contributed by atoms with Crippen molar-refractivity contribution < 1.29 is 14.3 Å². The van der Waals surface area contributed by atoms with Gasteiger partial charge in [0.15, 0.2) is 0 Å². The molecule has 0 spiro atoms. The summed E-state index contributed by atoms with van der Waals surface area (Å²) in [6.07, 6.45) is 2.24. The number of carbonyl (C=O) groups is 1. The number of aliphatic carboxylic acids is 1. The smallest absolute Gasteiger partial charge is 0.320 e. The molecule has 0 aliphatic rings. The van der Waals surface area contributed by atoms with Crippen LogP contribution in [-0.4, -0.2) is 17.1 Å². The molecule has 1 heterocycles. The van der Waals surface area contributed by atoms with Gasteiger partial charge in [0.1, 0.15) is 11.8 Å². The predicted molar refractivity (Wildman–Crippen MR) is 61.2 cm³/mol. The van der Waals surface area contributed by atoms with Crippen LogP contribution in [0.4, 0.5) is 0 Å². The van der Waals surface area contributed by atoms with Crippen LogP contribution in [0.5, 0.6) is 0 Å². The summed E-state index contributed by atoms with van der Waals surface area (Å²) in [4.78, 5) is 11.0. The molecule has 0 saturated carbocycles. The van der Waals surface area contributed by atoms with E-state index in [9.17, 15) is 4.79 Å². The molecule has 0 aromatic carbocycles. The Labute approximate surface area is 95.7 Å². The van der Waals surface area contributed by atoms with Crippen molar-refractivity contribution in [3.05, 3.63) is 23.7 Å². The first kappa shape index (κ1) is 12.8. The van der Waals surface area contributed by atoms with Crippen LogP contribution >= 0.6 is 0 Å². The van der Waals surface area contributed by atoms with Crippen molar-refractivity contribution in [3.8, 4) is 0 Å². The Balaban J connectivity index is 2.50. The van der Waals surface area contributed by atoms with Crippen molar-refractivity contribution in [1.82, 2.24) is 5.32 Å². The molecule has 16 heavy (non-hydrogen) atoms. The van der Waals surface area contributed by atoms with Crippen molar-refractivity contribution in [2.24, 2.45) is 5.92 Å². The lowest BCUT2D eigenvalue weighted by Crippen LogP contribution is -2.37. The topological polar surface area (TPSA) is 62.5 Å². The lowest BCUT2D eigenvalue weighted by Gasteiger charge is -2.15. The third-order valence-electron chi connectivity index (χ3n) is 2.48. The quantitative estimate of drug-likeness (QED) is 0.779. The zero-order valence-corrected chi connectivity index (χ0v) is 9.99. The Morgan fingerprint density at radius 3 is 2.69 bits per heavy atom. The molecule has 0 radical (unpaired) electrons. The van der Waals surface area contributed by atoms with E-state index in [0.717, 1.165) is 11.3 Å². The molecule has 0 fully saturated rings. The van der Waals surface area contributed by atoms with Crippen molar-refractivity contribution in [3.63, 3.8) is 0 Å². The first-order valence-corrected chi connectivity index (χ1v) is 5.50. The van der Waals surface area contributed by atoms with Crippen LogP contribution in [0.2, 0.25) is 0 Å². The second-order valence-electron chi connectivity index (χ2n) is 4.43. The van der Waals surface area contributed by atoms with Gasteiger partial charge >= 0.3 is 5.97 Å². The zero-order chi connectivity index (χ0) is 12.1. The summed E-state index contributed by atoms with van der Waals surface area (Å²) >= 11 is 0. The number of carboxylic acids is 1. The van der Waals surface area contributed by atoms with Gasteiger partial charge in [-0.1, -0.05) is 13.8 Å². The van der Waals surface area contributed by atoms with Crippen molar-refractivity contribution in [1.29, 1.82) is 0 Å². The second-order valence-corrected chi connectivity index (χ2v) is 4.43. The molecule has 4 heteroatoms. The van der Waals surface area contributed by atoms with E-state index in [1.54, 1.807) is 6.26 Å². The molecule has 4 nitrogen and oxygen atoms in total. The van der Waals surface area contributed by atoms with Gasteiger partial charge in [0.2, 0.25) is 0 Å². The number of aryl methyl sites for hydroxylation is 1. The van der Waals surface area contributed by atoms with Crippen LogP contribution in [0, 0.1) is 12.8 Å². The molecule has 0 amide bonds. The molecule has 0 bridgehead atoms. The van der Waals surface area contributed by atoms with E-state index in [1.807, 2.05) is 26.8 Å². The summed E-state index contributed by atoms with van der Waals surface area (Å²) in [6.45, 7) is 6.42. The van der Waals surface area contributed by atoms with E-state index < -0.39 is 12.0 Å². The lowest BCUT2D eigenvalue weighted by molar-refractivity contribution is -0.140. The first-order valence-electron chi connectivity index (χ1n) is 5.50. The maximum atomic E-state index is 11.0. The van der Waals surface area contributed by atoms with Crippen molar-refractivity contribution in [2.45, 2.75) is 39.8 Å². The zero-order valence-electron chi connectivity index (χ0n) is 9.99. The minimum atomic E-state index is -0.807. The Morgan fingerprint density at radius 1 is 1.56 bits per heavy atom. The molecule has 1 aromatic rings. The fraction of sp³-hybridized carbons (Fsp3) is 0.583. The predicted octanol–water partition coefficient (Wildman–Crippen LogP) is 2.18. The van der Waals surface area contributed by atoms with Crippen molar-refractivity contribution in [2.75, 3.05) is 0 Å². The highest BCUT2D eigenvalue weighted by molar-refractivity contribution is 5.73. The fourth-order valence-corrected chi connectivity index (χ4v) is 1.54.